The van der Waals surface area contributed by atoms with Gasteiger partial charge in [-0.05, 0) is 6.42 Å². The Labute approximate surface area is 176 Å². The van der Waals surface area contributed by atoms with Gasteiger partial charge in [0.05, 0.1) is 0 Å². The van der Waals surface area contributed by atoms with Crippen LogP contribution in [0.25, 0.3) is 0 Å². The van der Waals surface area contributed by atoms with E-state index in [1.54, 1.807) is 6.92 Å². The highest BCUT2D eigenvalue weighted by molar-refractivity contribution is 5.15. The number of halogens is 16. The number of alkyl halides is 16. The molecule has 0 amide bonds. The summed E-state index contributed by atoms with van der Waals surface area (Å²) >= 11 is 0. The van der Waals surface area contributed by atoms with Gasteiger partial charge in [-0.15, -0.1) is 0 Å². The normalized spacial score (nSPS) is 17.3. The monoisotopic (exact) mass is 529 g/mol. The summed E-state index contributed by atoms with van der Waals surface area (Å²) in [6.45, 7) is 1.75. The highest BCUT2D eigenvalue weighted by Gasteiger charge is 2.94. The zero-order valence-electron chi connectivity index (χ0n) is 16.6. The molecule has 0 aliphatic carbocycles. The second-order valence-electron chi connectivity index (χ2n) is 7.32. The summed E-state index contributed by atoms with van der Waals surface area (Å²) < 4.78 is 211. The summed E-state index contributed by atoms with van der Waals surface area (Å²) in [4.78, 5) is 0. The summed E-state index contributed by atoms with van der Waals surface area (Å²) in [6.07, 6.45) is -8.65. The molecule has 0 aromatic carbocycles. The molecule has 0 aromatic heterocycles. The van der Waals surface area contributed by atoms with Gasteiger partial charge in [0, 0.05) is 6.42 Å². The van der Waals surface area contributed by atoms with Gasteiger partial charge in [-0.25, -0.2) is 4.39 Å². The van der Waals surface area contributed by atoms with E-state index < -0.39 is 60.3 Å². The van der Waals surface area contributed by atoms with Crippen molar-refractivity contribution in [2.45, 2.75) is 99.4 Å². The van der Waals surface area contributed by atoms with E-state index in [9.17, 15) is 70.2 Å². The van der Waals surface area contributed by atoms with Crippen molar-refractivity contribution in [3.63, 3.8) is 0 Å². The van der Waals surface area contributed by atoms with Crippen LogP contribution in [0.3, 0.4) is 0 Å². The van der Waals surface area contributed by atoms with Gasteiger partial charge in [-0.1, -0.05) is 39.0 Å². The van der Waals surface area contributed by atoms with Crippen LogP contribution in [-0.4, -0.2) is 47.5 Å². The predicted octanol–water partition coefficient (Wildman–Crippen LogP) is 7.74. The summed E-state index contributed by atoms with van der Waals surface area (Å²) in [5.41, 5.74) is 4.24. The van der Waals surface area contributed by atoms with E-state index in [1.165, 1.54) is 0 Å². The summed E-state index contributed by atoms with van der Waals surface area (Å²) in [5, 5.41) is 0. The number of hydrogen-bond acceptors (Lipinski definition) is 1. The van der Waals surface area contributed by atoms with Crippen molar-refractivity contribution in [3.05, 3.63) is 0 Å². The first-order valence-corrected chi connectivity index (χ1v) is 9.12. The summed E-state index contributed by atoms with van der Waals surface area (Å²) in [6, 6.07) is 0. The van der Waals surface area contributed by atoms with E-state index in [-0.39, 0.29) is 12.8 Å². The van der Waals surface area contributed by atoms with Crippen molar-refractivity contribution in [2.24, 2.45) is 5.73 Å². The number of hydrogen-bond donors (Lipinski definition) is 1. The van der Waals surface area contributed by atoms with Crippen molar-refractivity contribution in [2.75, 3.05) is 0 Å². The van der Waals surface area contributed by atoms with Gasteiger partial charge in [0.15, 0.2) is 0 Å². The molecule has 0 saturated carbocycles. The second-order valence-corrected chi connectivity index (χ2v) is 7.32. The SMILES string of the molecule is CCCCCCCCC(N)(F)C(F)(F)C(F)(F)C(F)(F)C(F)(F)C(F)(F)C(F)(F)C(F)(F)F. The summed E-state index contributed by atoms with van der Waals surface area (Å²) in [7, 11) is 0. The molecule has 0 aliphatic heterocycles. The molecule has 200 valence electrons. The van der Waals surface area contributed by atoms with Gasteiger partial charge in [-0.2, -0.15) is 65.9 Å². The molecule has 0 radical (unpaired) electrons. The average molecular weight is 529 g/mol. The molecule has 0 spiro atoms. The lowest BCUT2D eigenvalue weighted by molar-refractivity contribution is -0.457. The topological polar surface area (TPSA) is 26.0 Å². The quantitative estimate of drug-likeness (QED) is 0.148. The molecule has 0 saturated heterocycles. The first kappa shape index (κ1) is 31.8. The molecule has 0 fully saturated rings. The minimum atomic E-state index is -8.46. The van der Waals surface area contributed by atoms with E-state index in [2.05, 4.69) is 5.73 Å². The van der Waals surface area contributed by atoms with Crippen LogP contribution in [0.5, 0.6) is 0 Å². The first-order chi connectivity index (χ1) is 14.3. The maximum absolute atomic E-state index is 14.0. The Hall–Kier alpha value is -1.16. The zero-order chi connectivity index (χ0) is 26.9. The second kappa shape index (κ2) is 9.47. The molecular weight excluding hydrogens is 510 g/mol. The largest absolute Gasteiger partial charge is 0.460 e. The predicted molar refractivity (Wildman–Crippen MR) is 81.8 cm³/mol. The van der Waals surface area contributed by atoms with E-state index >= 15 is 0 Å². The fourth-order valence-corrected chi connectivity index (χ4v) is 2.55. The Morgan fingerprint density at radius 2 is 0.727 bits per heavy atom. The maximum atomic E-state index is 14.0. The van der Waals surface area contributed by atoms with Gasteiger partial charge in [0.2, 0.25) is 5.79 Å². The van der Waals surface area contributed by atoms with Crippen molar-refractivity contribution >= 4 is 0 Å². The van der Waals surface area contributed by atoms with Crippen molar-refractivity contribution in [1.29, 1.82) is 0 Å². The van der Waals surface area contributed by atoms with Crippen LogP contribution < -0.4 is 5.73 Å². The van der Waals surface area contributed by atoms with Crippen LogP contribution in [0, 0.1) is 0 Å². The molecule has 0 heterocycles. The number of unbranched alkanes of at least 4 members (excludes halogenated alkanes) is 5. The molecule has 0 aliphatic rings. The molecule has 0 rings (SSSR count). The molecule has 1 atom stereocenters. The molecule has 33 heavy (non-hydrogen) atoms. The lowest BCUT2D eigenvalue weighted by atomic mass is 9.86. The van der Waals surface area contributed by atoms with Crippen molar-refractivity contribution < 1.29 is 70.2 Å². The Kier molecular flexibility index (Phi) is 9.14. The van der Waals surface area contributed by atoms with Gasteiger partial charge < -0.3 is 0 Å². The average Bonchev–Trinajstić information content (AvgIpc) is 2.62. The van der Waals surface area contributed by atoms with Crippen molar-refractivity contribution in [3.8, 4) is 0 Å². The fourth-order valence-electron chi connectivity index (χ4n) is 2.55. The minimum Gasteiger partial charge on any atom is -0.294 e. The fraction of sp³-hybridized carbons (Fsp3) is 1.00. The molecule has 0 aromatic rings. The van der Waals surface area contributed by atoms with E-state index in [0.29, 0.717) is 19.3 Å². The van der Waals surface area contributed by atoms with Gasteiger partial charge in [0.1, 0.15) is 0 Å². The van der Waals surface area contributed by atoms with Crippen LogP contribution in [0.15, 0.2) is 0 Å². The Balaban J connectivity index is 6.11. The third-order valence-corrected chi connectivity index (χ3v) is 4.74. The van der Waals surface area contributed by atoms with Crippen LogP contribution in [-0.2, 0) is 0 Å². The number of rotatable bonds is 13. The molecule has 1 unspecified atom stereocenters. The maximum Gasteiger partial charge on any atom is 0.460 e. The molecular formula is C16H19F16N. The van der Waals surface area contributed by atoms with E-state index in [4.69, 9.17) is 0 Å². The van der Waals surface area contributed by atoms with E-state index in [0.717, 1.165) is 0 Å². The van der Waals surface area contributed by atoms with Gasteiger partial charge in [0.25, 0.3) is 0 Å². The lowest BCUT2D eigenvalue weighted by Crippen LogP contribution is -2.75. The molecule has 17 heteroatoms. The highest BCUT2D eigenvalue weighted by atomic mass is 19.4. The van der Waals surface area contributed by atoms with Crippen LogP contribution in [0.1, 0.15) is 51.9 Å². The smallest absolute Gasteiger partial charge is 0.294 e. The zero-order valence-corrected chi connectivity index (χ0v) is 16.6. The summed E-state index contributed by atoms with van der Waals surface area (Å²) in [5.74, 6) is -53.6. The van der Waals surface area contributed by atoms with E-state index in [1.807, 2.05) is 0 Å². The standard InChI is InChI=1S/C16H19F16N/c1-2-3-4-5-6-7-8-9(17,33)10(18,19)11(20,21)12(22,23)13(24,25)14(26,27)15(28,29)16(30,31)32/h2-8,33H2,1H3. The number of nitrogens with two attached hydrogens (primary N) is 1. The Morgan fingerprint density at radius 1 is 0.424 bits per heavy atom. The molecule has 2 N–H and O–H groups in total. The third-order valence-electron chi connectivity index (χ3n) is 4.74. The Bertz CT molecular complexity index is 637. The molecule has 1 nitrogen and oxygen atoms in total. The van der Waals surface area contributed by atoms with Gasteiger partial charge in [-0.3, -0.25) is 5.73 Å². The molecule has 0 bridgehead atoms. The van der Waals surface area contributed by atoms with Crippen molar-refractivity contribution in [1.82, 2.24) is 0 Å². The Morgan fingerprint density at radius 3 is 1.09 bits per heavy atom. The third kappa shape index (κ3) is 5.11. The van der Waals surface area contributed by atoms with Gasteiger partial charge >= 0.3 is 41.7 Å². The van der Waals surface area contributed by atoms with Crippen LogP contribution in [0.2, 0.25) is 0 Å². The van der Waals surface area contributed by atoms with Crippen LogP contribution in [0.4, 0.5) is 70.2 Å². The minimum absolute atomic E-state index is 0.188. The first-order valence-electron chi connectivity index (χ1n) is 9.12. The lowest BCUT2D eigenvalue weighted by Gasteiger charge is -2.43. The van der Waals surface area contributed by atoms with Crippen LogP contribution >= 0.6 is 0 Å². The highest BCUT2D eigenvalue weighted by Crippen LogP contribution is 2.63.